The molecule has 0 unspecified atom stereocenters. The second-order valence-electron chi connectivity index (χ2n) is 8.42. The summed E-state index contributed by atoms with van der Waals surface area (Å²) < 4.78 is 64.0. The first kappa shape index (κ1) is 26.3. The number of hydrogen-bond acceptors (Lipinski definition) is 7. The molecule has 11 heteroatoms. The first-order chi connectivity index (χ1) is 16.0. The fourth-order valence-corrected chi connectivity index (χ4v) is 3.94. The van der Waals surface area contributed by atoms with E-state index in [1.54, 1.807) is 12.1 Å². The number of halogens is 2. The molecule has 0 aromatic heterocycles. The molecule has 0 radical (unpaired) electrons. The van der Waals surface area contributed by atoms with Crippen LogP contribution in [0, 0.1) is 11.6 Å². The molecule has 2 aromatic rings. The molecule has 0 saturated heterocycles. The summed E-state index contributed by atoms with van der Waals surface area (Å²) in [7, 11) is -3.67. The Morgan fingerprint density at radius 3 is 1.68 bits per heavy atom. The van der Waals surface area contributed by atoms with Crippen LogP contribution in [0.15, 0.2) is 36.4 Å². The van der Waals surface area contributed by atoms with E-state index in [4.69, 9.17) is 14.0 Å². The van der Waals surface area contributed by atoms with E-state index >= 15 is 0 Å². The zero-order valence-corrected chi connectivity index (χ0v) is 19.5. The Labute approximate surface area is 197 Å². The summed E-state index contributed by atoms with van der Waals surface area (Å²) in [6, 6.07) is 8.79. The molecule has 0 amide bonds. The van der Waals surface area contributed by atoms with E-state index in [0.29, 0.717) is 43.4 Å². The van der Waals surface area contributed by atoms with E-state index in [9.17, 15) is 27.4 Å². The lowest BCUT2D eigenvalue weighted by molar-refractivity contribution is 0.00892. The van der Waals surface area contributed by atoms with Crippen molar-refractivity contribution in [3.05, 3.63) is 59.2 Å². The van der Waals surface area contributed by atoms with Crippen molar-refractivity contribution in [2.75, 3.05) is 19.3 Å². The van der Waals surface area contributed by atoms with Crippen molar-refractivity contribution in [1.29, 1.82) is 0 Å². The predicted octanol–water partition coefficient (Wildman–Crippen LogP) is 1.87. The molecule has 0 aliphatic carbocycles. The number of ether oxygens (including phenoxy) is 2. The van der Waals surface area contributed by atoms with Gasteiger partial charge in [0, 0.05) is 13.1 Å². The van der Waals surface area contributed by atoms with E-state index in [-0.39, 0.29) is 36.9 Å². The molecule has 34 heavy (non-hydrogen) atoms. The molecule has 8 nitrogen and oxygen atoms in total. The number of hydrogen-bond donors (Lipinski definition) is 4. The summed E-state index contributed by atoms with van der Waals surface area (Å²) in [4.78, 5) is 0. The number of fused-ring (bicyclic) bond motifs is 2. The summed E-state index contributed by atoms with van der Waals surface area (Å²) in [6.07, 6.45) is 0.929. The standard InChI is InChI=1S/C22H25F2NO4.CH4O3S/c23-15-3-7-19-13(9-15)1-5-21(28-19)17(26)11-25-12-18(27)22-6-2-14-10-16(24)4-8-20(14)29-22;1-5(2,3)4/h3-4,7-10,17-18,21-22,25-27H,1-2,5-6,11-12H2;1H3,(H,2,3,4)/t17-,18-,21-,22+;/m1./s1. The summed E-state index contributed by atoms with van der Waals surface area (Å²) in [5.41, 5.74) is 1.62. The second kappa shape index (κ2) is 11.4. The van der Waals surface area contributed by atoms with Crippen molar-refractivity contribution in [1.82, 2.24) is 5.32 Å². The smallest absolute Gasteiger partial charge is 0.261 e. The van der Waals surface area contributed by atoms with Crippen LogP contribution in [0.4, 0.5) is 8.78 Å². The lowest BCUT2D eigenvalue weighted by Crippen LogP contribution is -2.46. The molecule has 2 aromatic carbocycles. The molecule has 4 N–H and O–H groups in total. The van der Waals surface area contributed by atoms with E-state index in [1.807, 2.05) is 0 Å². The fraction of sp³-hybridized carbons (Fsp3) is 0.478. The maximum Gasteiger partial charge on any atom is 0.261 e. The van der Waals surface area contributed by atoms with Crippen LogP contribution in [-0.4, -0.2) is 66.9 Å². The van der Waals surface area contributed by atoms with Crippen LogP contribution in [-0.2, 0) is 23.0 Å². The minimum atomic E-state index is -3.67. The molecule has 0 spiro atoms. The van der Waals surface area contributed by atoms with Crippen LogP contribution in [0.5, 0.6) is 11.5 Å². The molecule has 2 heterocycles. The van der Waals surface area contributed by atoms with E-state index in [0.717, 1.165) is 11.1 Å². The van der Waals surface area contributed by atoms with E-state index in [2.05, 4.69) is 5.32 Å². The number of rotatable bonds is 6. The molecule has 2 aliphatic heterocycles. The van der Waals surface area contributed by atoms with Crippen LogP contribution in [0.2, 0.25) is 0 Å². The van der Waals surface area contributed by atoms with Crippen LogP contribution in [0.25, 0.3) is 0 Å². The Morgan fingerprint density at radius 2 is 1.29 bits per heavy atom. The van der Waals surface area contributed by atoms with Gasteiger partial charge in [-0.1, -0.05) is 0 Å². The van der Waals surface area contributed by atoms with E-state index in [1.165, 1.54) is 24.3 Å². The van der Waals surface area contributed by atoms with Gasteiger partial charge in [-0.25, -0.2) is 8.78 Å². The Balaban J connectivity index is 0.000000588. The van der Waals surface area contributed by atoms with Gasteiger partial charge in [0.15, 0.2) is 0 Å². The largest absolute Gasteiger partial charge is 0.487 e. The van der Waals surface area contributed by atoms with Crippen LogP contribution in [0.1, 0.15) is 24.0 Å². The van der Waals surface area contributed by atoms with Gasteiger partial charge < -0.3 is 25.0 Å². The summed E-state index contributed by atoms with van der Waals surface area (Å²) in [5.74, 6) is 0.624. The Bertz CT molecular complexity index is 1010. The Morgan fingerprint density at radius 1 is 0.912 bits per heavy atom. The number of nitrogens with one attached hydrogen (secondary N) is 1. The summed E-state index contributed by atoms with van der Waals surface area (Å²) >= 11 is 0. The SMILES string of the molecule is CS(=O)(=O)O.O[C@H](CNC[C@@H](O)[C@H]1CCc2cc(F)ccc2O1)[C@@H]1CCc2cc(F)ccc2O1. The zero-order valence-electron chi connectivity index (χ0n) is 18.7. The van der Waals surface area contributed by atoms with Gasteiger partial charge in [-0.2, -0.15) is 8.42 Å². The highest BCUT2D eigenvalue weighted by atomic mass is 32.2. The van der Waals surface area contributed by atoms with Crippen molar-refractivity contribution in [3.8, 4) is 11.5 Å². The van der Waals surface area contributed by atoms with Crippen molar-refractivity contribution >= 4 is 10.1 Å². The van der Waals surface area contributed by atoms with Crippen LogP contribution in [0.3, 0.4) is 0 Å². The number of benzene rings is 2. The molecule has 2 aliphatic rings. The van der Waals surface area contributed by atoms with Crippen molar-refractivity contribution in [2.24, 2.45) is 0 Å². The second-order valence-corrected chi connectivity index (χ2v) is 9.89. The highest BCUT2D eigenvalue weighted by molar-refractivity contribution is 7.85. The van der Waals surface area contributed by atoms with Gasteiger partial charge in [-0.05, 0) is 73.2 Å². The molecule has 4 atom stereocenters. The highest BCUT2D eigenvalue weighted by Crippen LogP contribution is 2.30. The van der Waals surface area contributed by atoms with Gasteiger partial charge in [-0.15, -0.1) is 0 Å². The van der Waals surface area contributed by atoms with Gasteiger partial charge >= 0.3 is 0 Å². The van der Waals surface area contributed by atoms with Crippen molar-refractivity contribution < 1.29 is 41.4 Å². The fourth-order valence-electron chi connectivity index (χ4n) is 3.94. The zero-order chi connectivity index (χ0) is 24.9. The predicted molar refractivity (Wildman–Crippen MR) is 121 cm³/mol. The quantitative estimate of drug-likeness (QED) is 0.442. The third-order valence-electron chi connectivity index (χ3n) is 5.56. The highest BCUT2D eigenvalue weighted by Gasteiger charge is 2.29. The number of aliphatic hydroxyl groups excluding tert-OH is 2. The molecule has 188 valence electrons. The maximum atomic E-state index is 13.3. The van der Waals surface area contributed by atoms with Gasteiger partial charge in [0.05, 0.1) is 6.26 Å². The maximum absolute atomic E-state index is 13.3. The molecule has 0 fully saturated rings. The third-order valence-corrected chi connectivity index (χ3v) is 5.56. The lowest BCUT2D eigenvalue weighted by Gasteiger charge is -2.31. The lowest BCUT2D eigenvalue weighted by atomic mass is 9.98. The average Bonchev–Trinajstić information content (AvgIpc) is 2.77. The van der Waals surface area contributed by atoms with Crippen molar-refractivity contribution in [2.45, 2.75) is 50.1 Å². The molecular weight excluding hydrogens is 472 g/mol. The molecular formula is C23H29F2NO7S. The Hall–Kier alpha value is -2.31. The van der Waals surface area contributed by atoms with Gasteiger partial charge in [0.2, 0.25) is 0 Å². The number of aliphatic hydroxyl groups is 2. The van der Waals surface area contributed by atoms with Crippen LogP contribution >= 0.6 is 0 Å². The molecule has 4 rings (SSSR count). The van der Waals surface area contributed by atoms with Crippen LogP contribution < -0.4 is 14.8 Å². The minimum absolute atomic E-state index is 0.257. The van der Waals surface area contributed by atoms with E-state index < -0.39 is 22.3 Å². The van der Waals surface area contributed by atoms with Gasteiger partial charge in [0.25, 0.3) is 10.1 Å². The minimum Gasteiger partial charge on any atom is -0.487 e. The molecule has 0 saturated carbocycles. The topological polar surface area (TPSA) is 125 Å². The third kappa shape index (κ3) is 7.88. The number of aryl methyl sites for hydroxylation is 2. The average molecular weight is 502 g/mol. The molecule has 0 bridgehead atoms. The first-order valence-corrected chi connectivity index (χ1v) is 12.7. The van der Waals surface area contributed by atoms with Gasteiger partial charge in [-0.3, -0.25) is 4.55 Å². The van der Waals surface area contributed by atoms with Crippen molar-refractivity contribution in [3.63, 3.8) is 0 Å². The Kier molecular flexibility index (Phi) is 8.83. The summed E-state index contributed by atoms with van der Waals surface area (Å²) in [6.45, 7) is 0.513. The monoisotopic (exact) mass is 501 g/mol. The summed E-state index contributed by atoms with van der Waals surface area (Å²) in [5, 5.41) is 23.9. The first-order valence-electron chi connectivity index (χ1n) is 10.9. The van der Waals surface area contributed by atoms with Gasteiger partial charge in [0.1, 0.15) is 47.5 Å². The normalized spacial score (nSPS) is 21.0.